The minimum atomic E-state index is -0.271. The van der Waals surface area contributed by atoms with Crippen molar-refractivity contribution in [1.82, 2.24) is 0 Å². The van der Waals surface area contributed by atoms with Gasteiger partial charge in [-0.05, 0) is 43.7 Å². The topological polar surface area (TPSA) is 38.3 Å². The van der Waals surface area contributed by atoms with Gasteiger partial charge in [0.15, 0.2) is 0 Å². The van der Waals surface area contributed by atoms with Gasteiger partial charge in [-0.2, -0.15) is 0 Å². The van der Waals surface area contributed by atoms with E-state index in [0.29, 0.717) is 17.5 Å². The van der Waals surface area contributed by atoms with Gasteiger partial charge in [-0.3, -0.25) is 0 Å². The maximum absolute atomic E-state index is 11.9. The number of hydrogen-bond donors (Lipinski definition) is 1. The van der Waals surface area contributed by atoms with Crippen molar-refractivity contribution >= 4 is 11.7 Å². The van der Waals surface area contributed by atoms with E-state index in [0.717, 1.165) is 23.6 Å². The summed E-state index contributed by atoms with van der Waals surface area (Å²) in [6, 6.07) is 6.36. The summed E-state index contributed by atoms with van der Waals surface area (Å²) < 4.78 is 4.89. The average Bonchev–Trinajstić information content (AvgIpc) is 2.43. The van der Waals surface area contributed by atoms with Crippen LogP contribution in [0.5, 0.6) is 0 Å². The molecule has 1 aromatic carbocycles. The highest BCUT2D eigenvalue weighted by molar-refractivity contribution is 5.95. The summed E-state index contributed by atoms with van der Waals surface area (Å²) in [4.78, 5) is 11.9. The molecule has 0 bridgehead atoms. The second-order valence-corrected chi connectivity index (χ2v) is 6.19. The second kappa shape index (κ2) is 6.29. The minimum absolute atomic E-state index is 0.271. The molecule has 0 spiro atoms. The van der Waals surface area contributed by atoms with Gasteiger partial charge in [-0.25, -0.2) is 4.79 Å². The third-order valence-electron chi connectivity index (χ3n) is 4.38. The van der Waals surface area contributed by atoms with Crippen LogP contribution in [0.4, 0.5) is 5.69 Å². The first-order valence-electron chi connectivity index (χ1n) is 7.46. The van der Waals surface area contributed by atoms with Gasteiger partial charge in [0.1, 0.15) is 0 Å². The number of anilines is 1. The van der Waals surface area contributed by atoms with Crippen molar-refractivity contribution in [1.29, 1.82) is 0 Å². The lowest BCUT2D eigenvalue weighted by atomic mass is 9.80. The van der Waals surface area contributed by atoms with Crippen LogP contribution in [0.25, 0.3) is 0 Å². The molecule has 0 radical (unpaired) electrons. The average molecular weight is 275 g/mol. The number of benzene rings is 1. The normalized spacial score (nSPS) is 26.1. The summed E-state index contributed by atoms with van der Waals surface area (Å²) >= 11 is 0. The number of methoxy groups -OCH3 is 1. The Hall–Kier alpha value is -1.51. The van der Waals surface area contributed by atoms with Gasteiger partial charge in [0, 0.05) is 11.7 Å². The second-order valence-electron chi connectivity index (χ2n) is 6.19. The van der Waals surface area contributed by atoms with Crippen molar-refractivity contribution in [3.8, 4) is 0 Å². The zero-order chi connectivity index (χ0) is 14.7. The largest absolute Gasteiger partial charge is 0.465 e. The van der Waals surface area contributed by atoms with Gasteiger partial charge in [0.2, 0.25) is 0 Å². The first-order chi connectivity index (χ1) is 9.51. The van der Waals surface area contributed by atoms with Crippen LogP contribution in [-0.4, -0.2) is 19.1 Å². The van der Waals surface area contributed by atoms with Crippen molar-refractivity contribution in [2.75, 3.05) is 12.4 Å². The molecule has 0 aliphatic heterocycles. The number of esters is 1. The van der Waals surface area contributed by atoms with Crippen LogP contribution in [0, 0.1) is 18.8 Å². The van der Waals surface area contributed by atoms with Gasteiger partial charge < -0.3 is 10.1 Å². The van der Waals surface area contributed by atoms with Gasteiger partial charge in [0.05, 0.1) is 12.7 Å². The zero-order valence-electron chi connectivity index (χ0n) is 12.9. The first-order valence-corrected chi connectivity index (χ1v) is 7.46. The number of nitrogens with one attached hydrogen (secondary N) is 1. The number of aryl methyl sites for hydroxylation is 1. The van der Waals surface area contributed by atoms with Crippen molar-refractivity contribution in [3.05, 3.63) is 29.3 Å². The lowest BCUT2D eigenvalue weighted by Crippen LogP contribution is -2.34. The van der Waals surface area contributed by atoms with E-state index < -0.39 is 0 Å². The van der Waals surface area contributed by atoms with Gasteiger partial charge in [-0.15, -0.1) is 0 Å². The highest BCUT2D eigenvalue weighted by Gasteiger charge is 2.26. The van der Waals surface area contributed by atoms with Gasteiger partial charge in [0.25, 0.3) is 0 Å². The third kappa shape index (κ3) is 3.33. The van der Waals surface area contributed by atoms with Crippen molar-refractivity contribution < 1.29 is 9.53 Å². The molecule has 0 saturated heterocycles. The quantitative estimate of drug-likeness (QED) is 0.847. The standard InChI is InChI=1S/C17H25NO2/c1-11-6-8-15(14(9-11)17(19)20-4)18-16-10-12(2)5-7-13(16)3/h6,8-9,12-13,16,18H,5,7,10H2,1-4H3. The monoisotopic (exact) mass is 275 g/mol. The molecule has 3 unspecified atom stereocenters. The minimum Gasteiger partial charge on any atom is -0.465 e. The molecule has 3 atom stereocenters. The molecule has 0 heterocycles. The maximum Gasteiger partial charge on any atom is 0.339 e. The first kappa shape index (κ1) is 14.9. The van der Waals surface area contributed by atoms with Crippen LogP contribution >= 0.6 is 0 Å². The van der Waals surface area contributed by atoms with Gasteiger partial charge >= 0.3 is 5.97 Å². The highest BCUT2D eigenvalue weighted by atomic mass is 16.5. The molecule has 20 heavy (non-hydrogen) atoms. The van der Waals surface area contributed by atoms with E-state index in [1.807, 2.05) is 25.1 Å². The fourth-order valence-electron chi connectivity index (χ4n) is 3.00. The van der Waals surface area contributed by atoms with E-state index in [-0.39, 0.29) is 5.97 Å². The Morgan fingerprint density at radius 3 is 2.75 bits per heavy atom. The van der Waals surface area contributed by atoms with E-state index in [1.165, 1.54) is 20.0 Å². The van der Waals surface area contributed by atoms with E-state index in [9.17, 15) is 4.79 Å². The van der Waals surface area contributed by atoms with Crippen LogP contribution in [-0.2, 0) is 4.74 Å². The van der Waals surface area contributed by atoms with Crippen molar-refractivity contribution in [3.63, 3.8) is 0 Å². The summed E-state index contributed by atoms with van der Waals surface area (Å²) in [6.07, 6.45) is 3.71. The number of carbonyl (C=O) groups excluding carboxylic acids is 1. The summed E-state index contributed by atoms with van der Waals surface area (Å²) in [5.41, 5.74) is 2.60. The summed E-state index contributed by atoms with van der Waals surface area (Å²) in [5, 5.41) is 3.57. The summed E-state index contributed by atoms with van der Waals surface area (Å²) in [6.45, 7) is 6.58. The molecule has 1 fully saturated rings. The van der Waals surface area contributed by atoms with Crippen LogP contribution < -0.4 is 5.32 Å². The van der Waals surface area contributed by atoms with E-state index in [2.05, 4.69) is 19.2 Å². The third-order valence-corrected chi connectivity index (χ3v) is 4.38. The Labute approximate surface area is 121 Å². The Balaban J connectivity index is 2.22. The Morgan fingerprint density at radius 1 is 1.30 bits per heavy atom. The number of hydrogen-bond acceptors (Lipinski definition) is 3. The predicted molar refractivity (Wildman–Crippen MR) is 82.1 cm³/mol. The van der Waals surface area contributed by atoms with Gasteiger partial charge in [-0.1, -0.05) is 31.9 Å². The smallest absolute Gasteiger partial charge is 0.339 e. The fourth-order valence-corrected chi connectivity index (χ4v) is 3.00. The maximum atomic E-state index is 11.9. The van der Waals surface area contributed by atoms with Crippen LogP contribution in [0.2, 0.25) is 0 Å². The summed E-state index contributed by atoms with van der Waals surface area (Å²) in [5.74, 6) is 1.11. The molecule has 1 aliphatic carbocycles. The van der Waals surface area contributed by atoms with Crippen LogP contribution in [0.1, 0.15) is 49.0 Å². The number of ether oxygens (including phenoxy) is 1. The molecular weight excluding hydrogens is 250 g/mol. The van der Waals surface area contributed by atoms with Crippen LogP contribution in [0.3, 0.4) is 0 Å². The van der Waals surface area contributed by atoms with Crippen molar-refractivity contribution in [2.45, 2.75) is 46.1 Å². The molecule has 2 rings (SSSR count). The molecule has 3 heteroatoms. The Morgan fingerprint density at radius 2 is 2.05 bits per heavy atom. The Kier molecular flexibility index (Phi) is 4.69. The van der Waals surface area contributed by atoms with Crippen LogP contribution in [0.15, 0.2) is 18.2 Å². The lowest BCUT2D eigenvalue weighted by Gasteiger charge is -2.34. The summed E-state index contributed by atoms with van der Waals surface area (Å²) in [7, 11) is 1.43. The Bertz CT molecular complexity index is 484. The van der Waals surface area contributed by atoms with E-state index in [1.54, 1.807) is 0 Å². The molecule has 1 aromatic rings. The van der Waals surface area contributed by atoms with E-state index in [4.69, 9.17) is 4.74 Å². The van der Waals surface area contributed by atoms with Crippen molar-refractivity contribution in [2.24, 2.45) is 11.8 Å². The fraction of sp³-hybridized carbons (Fsp3) is 0.588. The zero-order valence-corrected chi connectivity index (χ0v) is 12.9. The number of carbonyl (C=O) groups is 1. The molecule has 0 aromatic heterocycles. The lowest BCUT2D eigenvalue weighted by molar-refractivity contribution is 0.0601. The molecule has 1 saturated carbocycles. The molecule has 110 valence electrons. The highest BCUT2D eigenvalue weighted by Crippen LogP contribution is 2.31. The predicted octanol–water partition coefficient (Wildman–Crippen LogP) is 4.02. The van der Waals surface area contributed by atoms with E-state index >= 15 is 0 Å². The molecule has 3 nitrogen and oxygen atoms in total. The molecule has 0 amide bonds. The molecular formula is C17H25NO2. The molecule has 1 aliphatic rings. The SMILES string of the molecule is COC(=O)c1cc(C)ccc1NC1CC(C)CCC1C. The number of rotatable bonds is 3. The molecule has 1 N–H and O–H groups in total.